The maximum Gasteiger partial charge on any atom is 0.209 e. The first kappa shape index (κ1) is 14.9. The highest BCUT2D eigenvalue weighted by Gasteiger charge is 2.23. The van der Waals surface area contributed by atoms with E-state index in [9.17, 15) is 8.42 Å². The molecule has 0 aromatic carbocycles. The van der Waals surface area contributed by atoms with Crippen LogP contribution in [0.15, 0.2) is 0 Å². The van der Waals surface area contributed by atoms with Crippen molar-refractivity contribution in [3.63, 3.8) is 0 Å². The third-order valence-corrected chi connectivity index (χ3v) is 3.95. The lowest BCUT2D eigenvalue weighted by Gasteiger charge is -2.25. The van der Waals surface area contributed by atoms with Crippen LogP contribution in [0.2, 0.25) is 0 Å². The molecule has 6 nitrogen and oxygen atoms in total. The second-order valence-corrected chi connectivity index (χ2v) is 7.22. The lowest BCUT2D eigenvalue weighted by Crippen LogP contribution is -2.47. The topological polar surface area (TPSA) is 94.9 Å². The van der Waals surface area contributed by atoms with Crippen molar-refractivity contribution < 1.29 is 8.42 Å². The van der Waals surface area contributed by atoms with E-state index in [0.29, 0.717) is 22.8 Å². The zero-order valence-corrected chi connectivity index (χ0v) is 12.4. The van der Waals surface area contributed by atoms with E-state index in [-0.39, 0.29) is 0 Å². The Balaban J connectivity index is 2.74. The first-order valence-electron chi connectivity index (χ1n) is 5.24. The van der Waals surface area contributed by atoms with Crippen LogP contribution >= 0.6 is 11.5 Å². The Morgan fingerprint density at radius 2 is 2.11 bits per heavy atom. The average molecular weight is 288 g/mol. The highest BCUT2D eigenvalue weighted by molar-refractivity contribution is 7.88. The van der Waals surface area contributed by atoms with Gasteiger partial charge in [0.25, 0.3) is 0 Å². The smallest absolute Gasteiger partial charge is 0.209 e. The van der Waals surface area contributed by atoms with Gasteiger partial charge in [-0.3, -0.25) is 0 Å². The molecule has 0 aliphatic carbocycles. The van der Waals surface area contributed by atoms with Crippen LogP contribution in [0.25, 0.3) is 0 Å². The molecule has 0 unspecified atom stereocenters. The predicted octanol–water partition coefficient (Wildman–Crippen LogP) is 1.06. The van der Waals surface area contributed by atoms with Gasteiger partial charge in [0, 0.05) is 12.1 Å². The summed E-state index contributed by atoms with van der Waals surface area (Å²) in [7, 11) is -3.26. The van der Waals surface area contributed by atoms with Crippen molar-refractivity contribution in [2.75, 3.05) is 18.1 Å². The van der Waals surface area contributed by atoms with Gasteiger partial charge in [0.2, 0.25) is 10.0 Å². The first-order chi connectivity index (χ1) is 8.14. The van der Waals surface area contributed by atoms with E-state index in [1.165, 1.54) is 11.5 Å². The number of aryl methyl sites for hydroxylation is 1. The van der Waals surface area contributed by atoms with Gasteiger partial charge < -0.3 is 5.32 Å². The summed E-state index contributed by atoms with van der Waals surface area (Å²) in [6.07, 6.45) is 1.12. The van der Waals surface area contributed by atoms with Crippen molar-refractivity contribution in [1.29, 1.82) is 5.26 Å². The summed E-state index contributed by atoms with van der Waals surface area (Å²) in [5.74, 6) is 0. The standard InChI is InChI=1S/C10H16N4O2S2/c1-7-8(5-11)9(17-13-7)12-6-10(2,3)14-18(4,15)16/h12,14H,6H2,1-4H3. The Bertz CT molecular complexity index is 569. The van der Waals surface area contributed by atoms with Gasteiger partial charge >= 0.3 is 0 Å². The number of rotatable bonds is 5. The SMILES string of the molecule is Cc1nsc(NCC(C)(C)NS(C)(=O)=O)c1C#N. The molecule has 0 spiro atoms. The fourth-order valence-electron chi connectivity index (χ4n) is 1.46. The van der Waals surface area contributed by atoms with Gasteiger partial charge in [-0.2, -0.15) is 9.64 Å². The Morgan fingerprint density at radius 1 is 1.50 bits per heavy atom. The van der Waals surface area contributed by atoms with Gasteiger partial charge in [-0.1, -0.05) is 0 Å². The maximum absolute atomic E-state index is 11.2. The van der Waals surface area contributed by atoms with E-state index in [1.807, 2.05) is 0 Å². The Morgan fingerprint density at radius 3 is 2.61 bits per heavy atom. The van der Waals surface area contributed by atoms with Gasteiger partial charge in [-0.25, -0.2) is 13.1 Å². The van der Waals surface area contributed by atoms with Crippen molar-refractivity contribution in [1.82, 2.24) is 9.10 Å². The minimum Gasteiger partial charge on any atom is -0.373 e. The lowest BCUT2D eigenvalue weighted by atomic mass is 10.1. The van der Waals surface area contributed by atoms with E-state index < -0.39 is 15.6 Å². The van der Waals surface area contributed by atoms with Crippen LogP contribution in [0.5, 0.6) is 0 Å². The van der Waals surface area contributed by atoms with Crippen molar-refractivity contribution in [2.45, 2.75) is 26.3 Å². The summed E-state index contributed by atoms with van der Waals surface area (Å²) >= 11 is 1.20. The minimum atomic E-state index is -3.26. The summed E-state index contributed by atoms with van der Waals surface area (Å²) < 4.78 is 29.0. The van der Waals surface area contributed by atoms with Crippen LogP contribution < -0.4 is 10.0 Å². The molecule has 1 aromatic rings. The Labute approximate surface area is 111 Å². The third kappa shape index (κ3) is 4.25. The summed E-state index contributed by atoms with van der Waals surface area (Å²) in [5, 5.41) is 12.7. The van der Waals surface area contributed by atoms with E-state index in [1.54, 1.807) is 20.8 Å². The molecular weight excluding hydrogens is 272 g/mol. The lowest BCUT2D eigenvalue weighted by molar-refractivity contribution is 0.476. The largest absolute Gasteiger partial charge is 0.373 e. The molecule has 2 N–H and O–H groups in total. The molecule has 100 valence electrons. The molecule has 1 aromatic heterocycles. The van der Waals surface area contributed by atoms with Crippen LogP contribution in [-0.2, 0) is 10.0 Å². The number of nitriles is 1. The second-order valence-electron chi connectivity index (χ2n) is 4.70. The van der Waals surface area contributed by atoms with Crippen LogP contribution in [0.3, 0.4) is 0 Å². The fourth-order valence-corrected chi connectivity index (χ4v) is 3.28. The molecule has 0 aliphatic rings. The number of nitrogens with zero attached hydrogens (tertiary/aromatic N) is 2. The highest BCUT2D eigenvalue weighted by atomic mass is 32.2. The van der Waals surface area contributed by atoms with Gasteiger partial charge in [-0.15, -0.1) is 0 Å². The van der Waals surface area contributed by atoms with E-state index in [4.69, 9.17) is 5.26 Å². The van der Waals surface area contributed by atoms with Gasteiger partial charge in [0.05, 0.1) is 11.9 Å². The second kappa shape index (κ2) is 5.22. The zero-order valence-electron chi connectivity index (χ0n) is 10.7. The summed E-state index contributed by atoms with van der Waals surface area (Å²) in [6.45, 7) is 5.67. The number of sulfonamides is 1. The van der Waals surface area contributed by atoms with Gasteiger partial charge in [0.1, 0.15) is 16.6 Å². The van der Waals surface area contributed by atoms with Crippen molar-refractivity contribution >= 4 is 26.6 Å². The monoisotopic (exact) mass is 288 g/mol. The molecule has 1 heterocycles. The quantitative estimate of drug-likeness (QED) is 0.845. The summed E-state index contributed by atoms with van der Waals surface area (Å²) in [5.41, 5.74) is 0.548. The number of hydrogen-bond donors (Lipinski definition) is 2. The van der Waals surface area contributed by atoms with Crippen molar-refractivity contribution in [3.8, 4) is 6.07 Å². The van der Waals surface area contributed by atoms with Crippen molar-refractivity contribution in [3.05, 3.63) is 11.3 Å². The molecule has 0 atom stereocenters. The van der Waals surface area contributed by atoms with E-state index >= 15 is 0 Å². The molecule has 0 aliphatic heterocycles. The Hall–Kier alpha value is -1.17. The molecule has 0 saturated heterocycles. The normalized spacial score (nSPS) is 12.2. The fraction of sp³-hybridized carbons (Fsp3) is 0.600. The first-order valence-corrected chi connectivity index (χ1v) is 7.90. The van der Waals surface area contributed by atoms with Crippen LogP contribution in [0.1, 0.15) is 25.1 Å². The number of anilines is 1. The molecule has 0 bridgehead atoms. The molecule has 0 radical (unpaired) electrons. The van der Waals surface area contributed by atoms with E-state index in [2.05, 4.69) is 20.5 Å². The average Bonchev–Trinajstić information content (AvgIpc) is 2.52. The number of hydrogen-bond acceptors (Lipinski definition) is 6. The van der Waals surface area contributed by atoms with Crippen LogP contribution in [-0.4, -0.2) is 31.1 Å². The van der Waals surface area contributed by atoms with Gasteiger partial charge in [0.15, 0.2) is 0 Å². The number of nitrogens with one attached hydrogen (secondary N) is 2. The molecule has 0 fully saturated rings. The molecule has 0 amide bonds. The van der Waals surface area contributed by atoms with Crippen LogP contribution in [0, 0.1) is 18.3 Å². The van der Waals surface area contributed by atoms with Crippen molar-refractivity contribution in [2.24, 2.45) is 0 Å². The summed E-state index contributed by atoms with van der Waals surface area (Å²) in [6, 6.07) is 2.08. The van der Waals surface area contributed by atoms with Crippen LogP contribution in [0.4, 0.5) is 5.00 Å². The highest BCUT2D eigenvalue weighted by Crippen LogP contribution is 2.23. The molecular formula is C10H16N4O2S2. The maximum atomic E-state index is 11.2. The third-order valence-electron chi connectivity index (χ3n) is 2.13. The Kier molecular flexibility index (Phi) is 4.32. The predicted molar refractivity (Wildman–Crippen MR) is 72.1 cm³/mol. The molecule has 0 saturated carbocycles. The zero-order chi connectivity index (χ0) is 14.0. The number of aromatic nitrogens is 1. The van der Waals surface area contributed by atoms with E-state index in [0.717, 1.165) is 6.26 Å². The minimum absolute atomic E-state index is 0.371. The molecule has 1 rings (SSSR count). The molecule has 8 heteroatoms. The van der Waals surface area contributed by atoms with Gasteiger partial charge in [-0.05, 0) is 32.3 Å². The molecule has 18 heavy (non-hydrogen) atoms. The summed E-state index contributed by atoms with van der Waals surface area (Å²) in [4.78, 5) is 0.